The Morgan fingerprint density at radius 2 is 1.45 bits per heavy atom. The van der Waals surface area contributed by atoms with E-state index in [2.05, 4.69) is 6.58 Å². The molecule has 0 radical (unpaired) electrons. The van der Waals surface area contributed by atoms with Gasteiger partial charge >= 0.3 is 5.91 Å². The van der Waals surface area contributed by atoms with Crippen LogP contribution in [0.5, 0.6) is 0 Å². The number of hydrogen-bond donors (Lipinski definition) is 1. The minimum absolute atomic E-state index is 0.0539. The zero-order valence-electron chi connectivity index (χ0n) is 11.3. The van der Waals surface area contributed by atoms with Crippen LogP contribution in [0.3, 0.4) is 0 Å². The molecule has 0 fully saturated rings. The van der Waals surface area contributed by atoms with Gasteiger partial charge in [-0.2, -0.15) is 4.48 Å². The second kappa shape index (κ2) is 6.28. The lowest BCUT2D eigenvalue weighted by atomic mass is 10.1. The van der Waals surface area contributed by atoms with E-state index in [-0.39, 0.29) is 10.4 Å². The van der Waals surface area contributed by atoms with Gasteiger partial charge in [-0.3, -0.25) is 0 Å². The molecule has 0 bridgehead atoms. The van der Waals surface area contributed by atoms with E-state index in [0.29, 0.717) is 6.54 Å². The number of aliphatic hydroxyl groups excluding tert-OH is 1. The van der Waals surface area contributed by atoms with Crippen LogP contribution in [-0.2, 0) is 4.79 Å². The fourth-order valence-corrected chi connectivity index (χ4v) is 2.43. The van der Waals surface area contributed by atoms with Crippen molar-refractivity contribution in [3.05, 3.63) is 73.3 Å². The second-order valence-corrected chi connectivity index (χ2v) is 4.50. The Morgan fingerprint density at radius 1 is 1.00 bits per heavy atom. The van der Waals surface area contributed by atoms with E-state index in [9.17, 15) is 9.90 Å². The number of benzene rings is 2. The summed E-state index contributed by atoms with van der Waals surface area (Å²) in [6.07, 6.45) is 1.70. The SMILES string of the molecule is C=CC[N+](C(=O)CO)(c1ccccc1)c1ccccc1. The van der Waals surface area contributed by atoms with Crippen LogP contribution in [0.2, 0.25) is 0 Å². The lowest BCUT2D eigenvalue weighted by Gasteiger charge is -2.33. The van der Waals surface area contributed by atoms with Crippen LogP contribution in [0.1, 0.15) is 0 Å². The van der Waals surface area contributed by atoms with Gasteiger partial charge < -0.3 is 5.11 Å². The van der Waals surface area contributed by atoms with Crippen LogP contribution in [-0.4, -0.2) is 24.2 Å². The normalized spacial score (nSPS) is 11.1. The highest BCUT2D eigenvalue weighted by molar-refractivity contribution is 5.95. The number of hydrogen-bond acceptors (Lipinski definition) is 2. The van der Waals surface area contributed by atoms with Gasteiger partial charge in [0.05, 0.1) is 0 Å². The maximum Gasteiger partial charge on any atom is 0.349 e. The largest absolute Gasteiger partial charge is 0.382 e. The lowest BCUT2D eigenvalue weighted by molar-refractivity contribution is -0.130. The zero-order valence-corrected chi connectivity index (χ0v) is 11.3. The van der Waals surface area contributed by atoms with Crippen LogP contribution in [0.25, 0.3) is 0 Å². The van der Waals surface area contributed by atoms with E-state index in [1.807, 2.05) is 60.7 Å². The highest BCUT2D eigenvalue weighted by Crippen LogP contribution is 2.34. The molecule has 2 aromatic carbocycles. The fourth-order valence-electron chi connectivity index (χ4n) is 2.43. The Labute approximate surface area is 119 Å². The summed E-state index contributed by atoms with van der Waals surface area (Å²) in [5.41, 5.74) is 1.63. The minimum atomic E-state index is -0.516. The smallest absolute Gasteiger partial charge is 0.349 e. The van der Waals surface area contributed by atoms with Gasteiger partial charge in [0.1, 0.15) is 17.9 Å². The molecule has 3 heteroatoms. The number of carbonyl (C=O) groups excluding carboxylic acids is 1. The standard InChI is InChI=1S/C17H18NO2/c1-2-13-18(17(20)14-19,15-9-5-3-6-10-15)16-11-7-4-8-12-16/h2-12,19H,1,13-14H2/q+1. The monoisotopic (exact) mass is 268 g/mol. The first-order valence-corrected chi connectivity index (χ1v) is 6.50. The first kappa shape index (κ1) is 14.2. The molecule has 0 aliphatic carbocycles. The molecular formula is C17H18NO2+. The molecule has 1 amide bonds. The van der Waals surface area contributed by atoms with E-state index in [1.54, 1.807) is 6.08 Å². The maximum absolute atomic E-state index is 12.5. The molecule has 0 unspecified atom stereocenters. The van der Waals surface area contributed by atoms with Crippen LogP contribution in [0, 0.1) is 0 Å². The number of nitrogens with zero attached hydrogens (tertiary/aromatic N) is 1. The minimum Gasteiger partial charge on any atom is -0.382 e. The average molecular weight is 268 g/mol. The number of rotatable bonds is 5. The third-order valence-corrected chi connectivity index (χ3v) is 3.36. The molecule has 0 saturated carbocycles. The average Bonchev–Trinajstić information content (AvgIpc) is 2.53. The first-order valence-electron chi connectivity index (χ1n) is 6.50. The quantitative estimate of drug-likeness (QED) is 0.668. The lowest BCUT2D eigenvalue weighted by Crippen LogP contribution is -2.51. The van der Waals surface area contributed by atoms with Gasteiger partial charge in [0, 0.05) is 24.3 Å². The van der Waals surface area contributed by atoms with Crippen molar-refractivity contribution in [1.82, 2.24) is 4.48 Å². The predicted molar refractivity (Wildman–Crippen MR) is 81.5 cm³/mol. The Hall–Kier alpha value is -2.23. The predicted octanol–water partition coefficient (Wildman–Crippen LogP) is 3.03. The van der Waals surface area contributed by atoms with Crippen molar-refractivity contribution >= 4 is 17.3 Å². The Bertz CT molecular complexity index is 539. The summed E-state index contributed by atoms with van der Waals surface area (Å²) in [7, 11) is 0. The van der Waals surface area contributed by atoms with Crippen molar-refractivity contribution in [3.63, 3.8) is 0 Å². The number of para-hydroxylation sites is 2. The summed E-state index contributed by atoms with van der Waals surface area (Å²) in [5.74, 6) is -0.276. The Morgan fingerprint density at radius 3 is 1.80 bits per heavy atom. The van der Waals surface area contributed by atoms with E-state index >= 15 is 0 Å². The molecule has 3 nitrogen and oxygen atoms in total. The summed E-state index contributed by atoms with van der Waals surface area (Å²) in [5, 5.41) is 9.42. The number of quaternary nitrogens is 1. The van der Waals surface area contributed by atoms with E-state index in [0.717, 1.165) is 11.4 Å². The molecule has 1 N–H and O–H groups in total. The van der Waals surface area contributed by atoms with Crippen molar-refractivity contribution < 1.29 is 9.90 Å². The summed E-state index contributed by atoms with van der Waals surface area (Å²) in [4.78, 5) is 12.5. The van der Waals surface area contributed by atoms with Gasteiger partial charge in [-0.05, 0) is 6.08 Å². The summed E-state index contributed by atoms with van der Waals surface area (Å²) < 4.78 is -0.0539. The van der Waals surface area contributed by atoms with Crippen molar-refractivity contribution in [2.45, 2.75) is 0 Å². The van der Waals surface area contributed by atoms with Crippen LogP contribution in [0.15, 0.2) is 73.3 Å². The Balaban J connectivity index is 2.69. The second-order valence-electron chi connectivity index (χ2n) is 4.50. The van der Waals surface area contributed by atoms with E-state index in [1.165, 1.54) is 0 Å². The highest BCUT2D eigenvalue weighted by atomic mass is 16.3. The maximum atomic E-state index is 12.5. The number of aliphatic hydroxyl groups is 1. The molecule has 2 rings (SSSR count). The summed E-state index contributed by atoms with van der Waals surface area (Å²) in [6, 6.07) is 18.9. The molecule has 0 aliphatic rings. The van der Waals surface area contributed by atoms with Crippen molar-refractivity contribution in [3.8, 4) is 0 Å². The molecule has 102 valence electrons. The molecule has 0 heterocycles. The molecule has 0 aliphatic heterocycles. The van der Waals surface area contributed by atoms with Gasteiger partial charge in [-0.1, -0.05) is 43.0 Å². The third-order valence-electron chi connectivity index (χ3n) is 3.36. The third kappa shape index (κ3) is 2.41. The van der Waals surface area contributed by atoms with Gasteiger partial charge in [-0.15, -0.1) is 0 Å². The van der Waals surface area contributed by atoms with Crippen molar-refractivity contribution in [1.29, 1.82) is 0 Å². The fraction of sp³-hybridized carbons (Fsp3) is 0.118. The molecule has 0 spiro atoms. The highest BCUT2D eigenvalue weighted by Gasteiger charge is 2.39. The summed E-state index contributed by atoms with van der Waals surface area (Å²) >= 11 is 0. The topological polar surface area (TPSA) is 37.3 Å². The number of carbonyl (C=O) groups is 1. The van der Waals surface area contributed by atoms with Gasteiger partial charge in [0.2, 0.25) is 0 Å². The molecular weight excluding hydrogens is 250 g/mol. The van der Waals surface area contributed by atoms with Crippen LogP contribution in [0.4, 0.5) is 11.4 Å². The zero-order chi connectivity index (χ0) is 14.4. The van der Waals surface area contributed by atoms with Crippen LogP contribution < -0.4 is 4.48 Å². The Kier molecular flexibility index (Phi) is 4.45. The summed E-state index contributed by atoms with van der Waals surface area (Å²) in [6.45, 7) is 3.64. The van der Waals surface area contributed by atoms with Gasteiger partial charge in [0.15, 0.2) is 6.61 Å². The molecule has 20 heavy (non-hydrogen) atoms. The van der Waals surface area contributed by atoms with Gasteiger partial charge in [-0.25, -0.2) is 4.79 Å². The first-order chi connectivity index (χ1) is 9.75. The van der Waals surface area contributed by atoms with Crippen molar-refractivity contribution in [2.75, 3.05) is 13.2 Å². The number of amides is 1. The van der Waals surface area contributed by atoms with Crippen molar-refractivity contribution in [2.24, 2.45) is 0 Å². The van der Waals surface area contributed by atoms with E-state index in [4.69, 9.17) is 0 Å². The molecule has 2 aromatic rings. The molecule has 0 atom stereocenters. The van der Waals surface area contributed by atoms with E-state index < -0.39 is 6.61 Å². The molecule has 0 aromatic heterocycles. The molecule has 0 saturated heterocycles. The van der Waals surface area contributed by atoms with Crippen LogP contribution >= 0.6 is 0 Å². The van der Waals surface area contributed by atoms with Gasteiger partial charge in [0.25, 0.3) is 0 Å².